The molecule has 1 N–H and O–H groups in total. The second-order valence-electron chi connectivity index (χ2n) is 8.28. The highest BCUT2D eigenvalue weighted by molar-refractivity contribution is 6.31. The maximum atomic E-state index is 13.9. The average molecular weight is 453 g/mol. The largest absolute Gasteiger partial charge is 0.345 e. The number of carbonyl (C=O) groups is 1. The van der Waals surface area contributed by atoms with Crippen LogP contribution >= 0.6 is 11.6 Å². The zero-order chi connectivity index (χ0) is 22.8. The Balaban J connectivity index is 1.80. The topological polar surface area (TPSA) is 51.1 Å². The predicted octanol–water partition coefficient (Wildman–Crippen LogP) is 5.77. The summed E-state index contributed by atoms with van der Waals surface area (Å²) in [4.78, 5) is 26.7. The van der Waals surface area contributed by atoms with Gasteiger partial charge in [0.05, 0.1) is 11.6 Å². The molecule has 0 spiro atoms. The lowest BCUT2D eigenvalue weighted by atomic mass is 9.77. The lowest BCUT2D eigenvalue weighted by molar-refractivity contribution is 0.0898. The highest BCUT2D eigenvalue weighted by Crippen LogP contribution is 2.38. The van der Waals surface area contributed by atoms with E-state index in [1.807, 2.05) is 43.3 Å². The van der Waals surface area contributed by atoms with E-state index >= 15 is 0 Å². The first-order valence-electron chi connectivity index (χ1n) is 11.0. The number of pyridine rings is 1. The van der Waals surface area contributed by atoms with Gasteiger partial charge in [0.25, 0.3) is 11.5 Å². The first-order valence-corrected chi connectivity index (χ1v) is 11.4. The minimum absolute atomic E-state index is 0.0538. The third-order valence-electron chi connectivity index (χ3n) is 6.37. The summed E-state index contributed by atoms with van der Waals surface area (Å²) in [6.07, 6.45) is 3.49. The first kappa shape index (κ1) is 22.3. The fourth-order valence-electron chi connectivity index (χ4n) is 4.50. The lowest BCUT2D eigenvalue weighted by Gasteiger charge is -2.35. The van der Waals surface area contributed by atoms with E-state index in [0.717, 1.165) is 24.8 Å². The molecule has 1 saturated carbocycles. The molecule has 0 radical (unpaired) electrons. The molecule has 1 aromatic heterocycles. The minimum Gasteiger partial charge on any atom is -0.345 e. The third kappa shape index (κ3) is 4.09. The van der Waals surface area contributed by atoms with Crippen LogP contribution in [0.15, 0.2) is 59.4 Å². The number of benzene rings is 2. The summed E-state index contributed by atoms with van der Waals surface area (Å²) in [6, 6.07) is 15.2. The Hall–Kier alpha value is -2.92. The lowest BCUT2D eigenvalue weighted by Crippen LogP contribution is -2.38. The molecule has 4 nitrogen and oxygen atoms in total. The maximum absolute atomic E-state index is 13.9. The molecular weight excluding hydrogens is 427 g/mol. The molecule has 1 heterocycles. The minimum atomic E-state index is -0.343. The van der Waals surface area contributed by atoms with Crippen molar-refractivity contribution in [1.82, 2.24) is 9.88 Å². The summed E-state index contributed by atoms with van der Waals surface area (Å²) in [5.74, 6) is -0.374. The SMILES string of the molecule is CCc1c(C(=O)NC(c2cccc(F)c2)C2CCC2)c(C)n(-c2ccccc2)c(=O)c1Cl. The molecular formula is C26H26ClFN2O2. The van der Waals surface area contributed by atoms with Gasteiger partial charge in [0.2, 0.25) is 0 Å². The summed E-state index contributed by atoms with van der Waals surface area (Å²) < 4.78 is 15.4. The van der Waals surface area contributed by atoms with Crippen molar-refractivity contribution in [2.45, 2.75) is 45.6 Å². The molecule has 0 aliphatic heterocycles. The highest BCUT2D eigenvalue weighted by Gasteiger charge is 2.32. The Labute approximate surface area is 192 Å². The van der Waals surface area contributed by atoms with Crippen LogP contribution in [0, 0.1) is 18.7 Å². The number of hydrogen-bond acceptors (Lipinski definition) is 2. The number of hydrogen-bond donors (Lipinski definition) is 1. The van der Waals surface area contributed by atoms with Gasteiger partial charge in [0.15, 0.2) is 0 Å². The van der Waals surface area contributed by atoms with Crippen molar-refractivity contribution in [2.75, 3.05) is 0 Å². The van der Waals surface area contributed by atoms with Crippen LogP contribution in [-0.2, 0) is 6.42 Å². The van der Waals surface area contributed by atoms with E-state index in [0.29, 0.717) is 28.9 Å². The van der Waals surface area contributed by atoms with E-state index in [-0.39, 0.29) is 34.3 Å². The second-order valence-corrected chi connectivity index (χ2v) is 8.66. The molecule has 1 fully saturated rings. The highest BCUT2D eigenvalue weighted by atomic mass is 35.5. The Bertz CT molecular complexity index is 1200. The van der Waals surface area contributed by atoms with Crippen LogP contribution in [0.2, 0.25) is 5.02 Å². The van der Waals surface area contributed by atoms with Crippen LogP contribution in [0.25, 0.3) is 5.69 Å². The number of para-hydroxylation sites is 1. The van der Waals surface area contributed by atoms with Crippen molar-refractivity contribution in [1.29, 1.82) is 0 Å². The molecule has 4 rings (SSSR count). The fourth-order valence-corrected chi connectivity index (χ4v) is 4.81. The summed E-state index contributed by atoms with van der Waals surface area (Å²) in [6.45, 7) is 3.64. The van der Waals surface area contributed by atoms with E-state index in [1.54, 1.807) is 13.0 Å². The van der Waals surface area contributed by atoms with Crippen molar-refractivity contribution in [3.8, 4) is 5.69 Å². The summed E-state index contributed by atoms with van der Waals surface area (Å²) in [5, 5.41) is 3.19. The van der Waals surface area contributed by atoms with E-state index < -0.39 is 0 Å². The van der Waals surface area contributed by atoms with Gasteiger partial charge in [-0.1, -0.05) is 55.3 Å². The quantitative estimate of drug-likeness (QED) is 0.516. The Kier molecular flexibility index (Phi) is 6.47. The summed E-state index contributed by atoms with van der Waals surface area (Å²) in [7, 11) is 0. The fraction of sp³-hybridized carbons (Fsp3) is 0.308. The predicted molar refractivity (Wildman–Crippen MR) is 125 cm³/mol. The van der Waals surface area contributed by atoms with Crippen LogP contribution in [0.1, 0.15) is 59.4 Å². The third-order valence-corrected chi connectivity index (χ3v) is 6.76. The monoisotopic (exact) mass is 452 g/mol. The van der Waals surface area contributed by atoms with Crippen molar-refractivity contribution in [3.63, 3.8) is 0 Å². The molecule has 3 aromatic rings. The van der Waals surface area contributed by atoms with Crippen molar-refractivity contribution in [3.05, 3.63) is 98.2 Å². The van der Waals surface area contributed by atoms with Gasteiger partial charge < -0.3 is 5.32 Å². The van der Waals surface area contributed by atoms with E-state index in [9.17, 15) is 14.0 Å². The molecule has 1 aliphatic carbocycles. The molecule has 6 heteroatoms. The maximum Gasteiger partial charge on any atom is 0.274 e. The number of carbonyl (C=O) groups excluding carboxylic acids is 1. The normalized spacial score (nSPS) is 14.6. The van der Waals surface area contributed by atoms with E-state index in [2.05, 4.69) is 5.32 Å². The Morgan fingerprint density at radius 2 is 1.91 bits per heavy atom. The number of halogens is 2. The molecule has 32 heavy (non-hydrogen) atoms. The van der Waals surface area contributed by atoms with Gasteiger partial charge in [-0.05, 0) is 67.5 Å². The molecule has 1 unspecified atom stereocenters. The van der Waals surface area contributed by atoms with Crippen LogP contribution in [0.3, 0.4) is 0 Å². The van der Waals surface area contributed by atoms with Crippen LogP contribution < -0.4 is 10.9 Å². The summed E-state index contributed by atoms with van der Waals surface area (Å²) in [5.41, 5.74) is 2.53. The second kappa shape index (κ2) is 9.29. The average Bonchev–Trinajstić information content (AvgIpc) is 2.75. The zero-order valence-corrected chi connectivity index (χ0v) is 19.0. The first-order chi connectivity index (χ1) is 15.4. The number of amides is 1. The zero-order valence-electron chi connectivity index (χ0n) is 18.2. The Morgan fingerprint density at radius 1 is 1.19 bits per heavy atom. The van der Waals surface area contributed by atoms with Gasteiger partial charge in [-0.25, -0.2) is 4.39 Å². The van der Waals surface area contributed by atoms with Gasteiger partial charge in [0, 0.05) is 11.4 Å². The molecule has 1 atom stereocenters. The van der Waals surface area contributed by atoms with Crippen LogP contribution in [0.5, 0.6) is 0 Å². The molecule has 0 saturated heterocycles. The van der Waals surface area contributed by atoms with Gasteiger partial charge in [0.1, 0.15) is 10.8 Å². The van der Waals surface area contributed by atoms with Crippen molar-refractivity contribution < 1.29 is 9.18 Å². The van der Waals surface area contributed by atoms with E-state index in [1.165, 1.54) is 16.7 Å². The van der Waals surface area contributed by atoms with Gasteiger partial charge in [-0.15, -0.1) is 0 Å². The van der Waals surface area contributed by atoms with Gasteiger partial charge in [-0.2, -0.15) is 0 Å². The Morgan fingerprint density at radius 3 is 2.50 bits per heavy atom. The molecule has 1 amide bonds. The standard InChI is InChI=1S/C26H26ClFN2O2/c1-3-21-22(16(2)30(26(32)23(21)27)20-13-5-4-6-14-20)25(31)29-24(17-9-7-10-17)18-11-8-12-19(28)15-18/h4-6,8,11-15,17,24H,3,7,9-10H2,1-2H3,(H,29,31). The molecule has 166 valence electrons. The van der Waals surface area contributed by atoms with Gasteiger partial charge in [-0.3, -0.25) is 14.2 Å². The van der Waals surface area contributed by atoms with Crippen LogP contribution in [0.4, 0.5) is 4.39 Å². The number of nitrogens with zero attached hydrogens (tertiary/aromatic N) is 1. The molecule has 0 bridgehead atoms. The van der Waals surface area contributed by atoms with Crippen molar-refractivity contribution >= 4 is 17.5 Å². The summed E-state index contributed by atoms with van der Waals surface area (Å²) >= 11 is 6.48. The smallest absolute Gasteiger partial charge is 0.274 e. The molecule has 1 aliphatic rings. The molecule has 2 aromatic carbocycles. The number of nitrogens with one attached hydrogen (secondary N) is 1. The van der Waals surface area contributed by atoms with Gasteiger partial charge >= 0.3 is 0 Å². The van der Waals surface area contributed by atoms with Crippen molar-refractivity contribution in [2.24, 2.45) is 5.92 Å². The van der Waals surface area contributed by atoms with Crippen LogP contribution in [-0.4, -0.2) is 10.5 Å². The number of aromatic nitrogens is 1. The van der Waals surface area contributed by atoms with E-state index in [4.69, 9.17) is 11.6 Å². The number of rotatable bonds is 6.